The average molecular weight is 274 g/mol. The number of hydrogen-bond acceptors (Lipinski definition) is 4. The van der Waals surface area contributed by atoms with E-state index in [9.17, 15) is 14.4 Å². The van der Waals surface area contributed by atoms with Crippen LogP contribution < -0.4 is 0 Å². The molecule has 3 rings (SSSR count). The number of imide groups is 1. The van der Waals surface area contributed by atoms with Crippen LogP contribution in [0.1, 0.15) is 40.0 Å². The Bertz CT molecular complexity index is 564. The number of carboxylic acids is 1. The van der Waals surface area contributed by atoms with Crippen molar-refractivity contribution >= 4 is 17.8 Å². The quantitative estimate of drug-likeness (QED) is 0.836. The normalized spacial score (nSPS) is 25.1. The Morgan fingerprint density at radius 1 is 1.30 bits per heavy atom. The van der Waals surface area contributed by atoms with E-state index >= 15 is 0 Å². The second-order valence-electron chi connectivity index (χ2n) is 5.28. The standard InChI is InChI=1S/C14H14N2O4/c17-12-10-4-5-15-6-11(10)13(18)16(12)7-8-2-1-3-9(8)14(19)20/h4-6,8-9H,1-3,7H2,(H,19,20). The van der Waals surface area contributed by atoms with E-state index in [1.165, 1.54) is 18.5 Å². The Kier molecular flexibility index (Phi) is 3.00. The number of nitrogens with zero attached hydrogens (tertiary/aromatic N) is 2. The Morgan fingerprint density at radius 3 is 2.75 bits per heavy atom. The predicted octanol–water partition coefficient (Wildman–Crippen LogP) is 1.18. The van der Waals surface area contributed by atoms with Crippen LogP contribution in [0.15, 0.2) is 18.5 Å². The lowest BCUT2D eigenvalue weighted by molar-refractivity contribution is -0.143. The number of amides is 2. The summed E-state index contributed by atoms with van der Waals surface area (Å²) >= 11 is 0. The molecule has 6 nitrogen and oxygen atoms in total. The van der Waals surface area contributed by atoms with E-state index in [2.05, 4.69) is 4.98 Å². The zero-order chi connectivity index (χ0) is 14.3. The van der Waals surface area contributed by atoms with Gasteiger partial charge in [-0.25, -0.2) is 0 Å². The lowest BCUT2D eigenvalue weighted by Gasteiger charge is -2.21. The van der Waals surface area contributed by atoms with Crippen LogP contribution in [0.4, 0.5) is 0 Å². The molecule has 2 amide bonds. The highest BCUT2D eigenvalue weighted by Gasteiger charge is 2.41. The van der Waals surface area contributed by atoms with Crippen molar-refractivity contribution < 1.29 is 19.5 Å². The third-order valence-corrected chi connectivity index (χ3v) is 4.17. The molecule has 1 aromatic heterocycles. The van der Waals surface area contributed by atoms with Crippen molar-refractivity contribution in [3.63, 3.8) is 0 Å². The van der Waals surface area contributed by atoms with Gasteiger partial charge in [0.2, 0.25) is 0 Å². The molecule has 1 aromatic rings. The van der Waals surface area contributed by atoms with Gasteiger partial charge in [-0.1, -0.05) is 6.42 Å². The summed E-state index contributed by atoms with van der Waals surface area (Å²) in [5.41, 5.74) is 0.664. The number of carbonyl (C=O) groups excluding carboxylic acids is 2. The fourth-order valence-electron chi connectivity index (χ4n) is 3.12. The minimum atomic E-state index is -0.842. The third kappa shape index (κ3) is 1.88. The Labute approximate surface area is 115 Å². The summed E-state index contributed by atoms with van der Waals surface area (Å²) < 4.78 is 0. The number of carboxylic acid groups (broad SMARTS) is 1. The molecule has 0 aromatic carbocycles. The van der Waals surface area contributed by atoms with Crippen LogP contribution >= 0.6 is 0 Å². The molecular formula is C14H14N2O4. The van der Waals surface area contributed by atoms with Crippen molar-refractivity contribution in [1.29, 1.82) is 0 Å². The first kappa shape index (κ1) is 12.8. The lowest BCUT2D eigenvalue weighted by Crippen LogP contribution is -2.37. The molecule has 0 spiro atoms. The van der Waals surface area contributed by atoms with Gasteiger partial charge in [0.15, 0.2) is 0 Å². The highest BCUT2D eigenvalue weighted by atomic mass is 16.4. The molecule has 0 bridgehead atoms. The van der Waals surface area contributed by atoms with Crippen molar-refractivity contribution in [2.24, 2.45) is 11.8 Å². The largest absolute Gasteiger partial charge is 0.481 e. The zero-order valence-electron chi connectivity index (χ0n) is 10.8. The number of carbonyl (C=O) groups is 3. The summed E-state index contributed by atoms with van der Waals surface area (Å²) in [5, 5.41) is 9.16. The van der Waals surface area contributed by atoms with Crippen molar-refractivity contribution in [3.05, 3.63) is 29.6 Å². The summed E-state index contributed by atoms with van der Waals surface area (Å²) in [6, 6.07) is 1.53. The molecule has 1 aliphatic heterocycles. The summed E-state index contributed by atoms with van der Waals surface area (Å²) in [5.74, 6) is -2.16. The average Bonchev–Trinajstić information content (AvgIpc) is 2.99. The topological polar surface area (TPSA) is 87.6 Å². The number of hydrogen-bond donors (Lipinski definition) is 1. The molecular weight excluding hydrogens is 260 g/mol. The van der Waals surface area contributed by atoms with Crippen LogP contribution in [0.3, 0.4) is 0 Å². The first-order valence-corrected chi connectivity index (χ1v) is 6.62. The van der Waals surface area contributed by atoms with Crippen molar-refractivity contribution in [1.82, 2.24) is 9.88 Å². The number of rotatable bonds is 3. The van der Waals surface area contributed by atoms with Gasteiger partial charge < -0.3 is 5.11 Å². The van der Waals surface area contributed by atoms with Crippen LogP contribution in [0, 0.1) is 11.8 Å². The van der Waals surface area contributed by atoms with E-state index in [1.54, 1.807) is 0 Å². The summed E-state index contributed by atoms with van der Waals surface area (Å²) in [4.78, 5) is 40.6. The first-order chi connectivity index (χ1) is 9.59. The maximum Gasteiger partial charge on any atom is 0.306 e. The molecule has 0 radical (unpaired) electrons. The molecule has 2 heterocycles. The molecule has 2 aliphatic rings. The van der Waals surface area contributed by atoms with E-state index in [-0.39, 0.29) is 24.3 Å². The van der Waals surface area contributed by atoms with Crippen molar-refractivity contribution in [3.8, 4) is 0 Å². The molecule has 0 saturated heterocycles. The van der Waals surface area contributed by atoms with Gasteiger partial charge in [-0.15, -0.1) is 0 Å². The van der Waals surface area contributed by atoms with Gasteiger partial charge in [-0.3, -0.25) is 24.3 Å². The molecule has 1 saturated carbocycles. The van der Waals surface area contributed by atoms with Crippen LogP contribution in [0.2, 0.25) is 0 Å². The maximum atomic E-state index is 12.2. The molecule has 6 heteroatoms. The minimum absolute atomic E-state index is 0.150. The van der Waals surface area contributed by atoms with E-state index in [0.717, 1.165) is 17.7 Å². The molecule has 104 valence electrons. The first-order valence-electron chi connectivity index (χ1n) is 6.62. The van der Waals surface area contributed by atoms with E-state index in [0.29, 0.717) is 17.5 Å². The molecule has 2 unspecified atom stereocenters. The highest BCUT2D eigenvalue weighted by Crippen LogP contribution is 2.34. The second kappa shape index (κ2) is 4.70. The van der Waals surface area contributed by atoms with Gasteiger partial charge in [-0.05, 0) is 24.8 Å². The zero-order valence-corrected chi connectivity index (χ0v) is 10.8. The van der Waals surface area contributed by atoms with Crippen molar-refractivity contribution in [2.45, 2.75) is 19.3 Å². The Balaban J connectivity index is 1.82. The molecule has 2 atom stereocenters. The Morgan fingerprint density at radius 2 is 2.05 bits per heavy atom. The Hall–Kier alpha value is -2.24. The molecule has 1 N–H and O–H groups in total. The maximum absolute atomic E-state index is 12.2. The van der Waals surface area contributed by atoms with E-state index in [1.807, 2.05) is 0 Å². The summed E-state index contributed by atoms with van der Waals surface area (Å²) in [7, 11) is 0. The van der Waals surface area contributed by atoms with Crippen LogP contribution in [0.5, 0.6) is 0 Å². The van der Waals surface area contributed by atoms with Gasteiger partial charge in [0.1, 0.15) is 0 Å². The van der Waals surface area contributed by atoms with Crippen LogP contribution in [0.25, 0.3) is 0 Å². The van der Waals surface area contributed by atoms with Gasteiger partial charge in [0.25, 0.3) is 11.8 Å². The lowest BCUT2D eigenvalue weighted by atomic mass is 9.95. The van der Waals surface area contributed by atoms with Crippen LogP contribution in [-0.2, 0) is 4.79 Å². The predicted molar refractivity (Wildman–Crippen MR) is 68.1 cm³/mol. The van der Waals surface area contributed by atoms with Gasteiger partial charge in [-0.2, -0.15) is 0 Å². The fraction of sp³-hybridized carbons (Fsp3) is 0.429. The highest BCUT2D eigenvalue weighted by molar-refractivity contribution is 6.21. The minimum Gasteiger partial charge on any atom is -0.481 e. The van der Waals surface area contributed by atoms with Gasteiger partial charge >= 0.3 is 5.97 Å². The number of aliphatic carboxylic acids is 1. The SMILES string of the molecule is O=C(O)C1CCCC1CN1C(=O)c2ccncc2C1=O. The van der Waals surface area contributed by atoms with E-state index < -0.39 is 11.9 Å². The monoisotopic (exact) mass is 274 g/mol. The molecule has 1 aliphatic carbocycles. The van der Waals surface area contributed by atoms with E-state index in [4.69, 9.17) is 5.11 Å². The molecule has 1 fully saturated rings. The third-order valence-electron chi connectivity index (χ3n) is 4.17. The smallest absolute Gasteiger partial charge is 0.306 e. The summed E-state index contributed by atoms with van der Waals surface area (Å²) in [6.45, 7) is 0.184. The van der Waals surface area contributed by atoms with Crippen LogP contribution in [-0.4, -0.2) is 39.3 Å². The molecule has 20 heavy (non-hydrogen) atoms. The van der Waals surface area contributed by atoms with Gasteiger partial charge in [0.05, 0.1) is 17.0 Å². The fourth-order valence-corrected chi connectivity index (χ4v) is 3.12. The van der Waals surface area contributed by atoms with Gasteiger partial charge in [0, 0.05) is 18.9 Å². The number of pyridine rings is 1. The second-order valence-corrected chi connectivity index (χ2v) is 5.28. The number of fused-ring (bicyclic) bond motifs is 1. The summed E-state index contributed by atoms with van der Waals surface area (Å²) in [6.07, 6.45) is 5.04. The number of aromatic nitrogens is 1. The van der Waals surface area contributed by atoms with Crippen molar-refractivity contribution in [2.75, 3.05) is 6.54 Å².